The van der Waals surface area contributed by atoms with Crippen molar-refractivity contribution in [3.05, 3.63) is 116 Å². The molecule has 0 aliphatic heterocycles. The fourth-order valence-corrected chi connectivity index (χ4v) is 8.50. The summed E-state index contributed by atoms with van der Waals surface area (Å²) in [5, 5.41) is 19.6. The van der Waals surface area contributed by atoms with Crippen LogP contribution in [0, 0.1) is 0 Å². The number of hydrogen-bond donors (Lipinski definition) is 1. The number of thiophene rings is 1. The molecule has 0 aliphatic carbocycles. The van der Waals surface area contributed by atoms with Crippen molar-refractivity contribution in [2.45, 2.75) is 12.5 Å². The van der Waals surface area contributed by atoms with E-state index < -0.39 is 6.10 Å². The number of hydrogen-bond acceptors (Lipinski definition) is 5. The minimum absolute atomic E-state index is 0.430. The first kappa shape index (κ1) is 25.8. The van der Waals surface area contributed by atoms with E-state index in [4.69, 9.17) is 4.74 Å². The maximum absolute atomic E-state index is 6.58. The number of nitrogens with one attached hydrogen (secondary N) is 1. The summed E-state index contributed by atoms with van der Waals surface area (Å²) in [6, 6.07) is 31.6. The number of ether oxygens (including phenoxy) is 1. The van der Waals surface area contributed by atoms with Gasteiger partial charge in [0, 0.05) is 26.4 Å². The first-order valence-electron chi connectivity index (χ1n) is 12.5. The van der Waals surface area contributed by atoms with Crippen molar-refractivity contribution in [2.75, 3.05) is 0 Å². The zero-order valence-electron chi connectivity index (χ0n) is 20.7. The van der Waals surface area contributed by atoms with E-state index in [9.17, 15) is 0 Å². The van der Waals surface area contributed by atoms with Gasteiger partial charge in [-0.25, -0.2) is 0 Å². The van der Waals surface area contributed by atoms with Crippen LogP contribution in [0.25, 0.3) is 42.1 Å². The van der Waals surface area contributed by atoms with Gasteiger partial charge in [0.05, 0.1) is 13.6 Å². The molecule has 2 heterocycles. The molecule has 5 nitrogen and oxygen atoms in total. The molecular weight excluding hydrogens is 716 g/mol. The van der Waals surface area contributed by atoms with Crippen molar-refractivity contribution in [1.82, 2.24) is 20.6 Å². The highest BCUT2D eigenvalue weighted by Gasteiger charge is 2.24. The molecule has 0 amide bonds. The zero-order chi connectivity index (χ0) is 27.2. The van der Waals surface area contributed by atoms with Crippen molar-refractivity contribution in [3.8, 4) is 16.9 Å². The van der Waals surface area contributed by atoms with Crippen LogP contribution in [0.5, 0.6) is 5.75 Å². The van der Waals surface area contributed by atoms with Gasteiger partial charge in [-0.1, -0.05) is 78.0 Å². The van der Waals surface area contributed by atoms with Gasteiger partial charge in [-0.05, 0) is 93.5 Å². The Morgan fingerprint density at radius 2 is 1.48 bits per heavy atom. The minimum Gasteiger partial charge on any atom is -0.480 e. The highest BCUT2D eigenvalue weighted by atomic mass is 79.9. The maximum Gasteiger partial charge on any atom is 0.215 e. The van der Waals surface area contributed by atoms with Crippen LogP contribution < -0.4 is 4.74 Å². The Morgan fingerprint density at radius 3 is 2.20 bits per heavy atom. The summed E-state index contributed by atoms with van der Waals surface area (Å²) in [7, 11) is 0. The van der Waals surface area contributed by atoms with E-state index in [1.807, 2.05) is 29.5 Å². The molecule has 0 aliphatic rings. The summed E-state index contributed by atoms with van der Waals surface area (Å²) in [6.07, 6.45) is 0.167. The topological polar surface area (TPSA) is 63.7 Å². The Labute approximate surface area is 259 Å². The molecule has 0 unspecified atom stereocenters. The van der Waals surface area contributed by atoms with Gasteiger partial charge in [0.25, 0.3) is 0 Å². The Kier molecular flexibility index (Phi) is 6.91. The molecule has 0 fully saturated rings. The van der Waals surface area contributed by atoms with Crippen molar-refractivity contribution in [3.63, 3.8) is 0 Å². The average molecular weight is 735 g/mol. The molecule has 1 atom stereocenters. The van der Waals surface area contributed by atoms with Crippen molar-refractivity contribution in [2.24, 2.45) is 0 Å². The highest BCUT2D eigenvalue weighted by molar-refractivity contribution is 9.11. The lowest BCUT2D eigenvalue weighted by atomic mass is 9.93. The number of nitrogens with zero attached hydrogens (tertiary/aromatic N) is 3. The molecule has 2 aromatic heterocycles. The van der Waals surface area contributed by atoms with Crippen molar-refractivity contribution < 1.29 is 4.74 Å². The summed E-state index contributed by atoms with van der Waals surface area (Å²) in [5.74, 6) is 1.18. The van der Waals surface area contributed by atoms with Crippen molar-refractivity contribution >= 4 is 90.1 Å². The molecule has 0 bridgehead atoms. The van der Waals surface area contributed by atoms with Crippen LogP contribution in [-0.4, -0.2) is 20.6 Å². The molecule has 0 saturated carbocycles. The normalized spacial score (nSPS) is 12.4. The van der Waals surface area contributed by atoms with Crippen LogP contribution in [-0.2, 0) is 6.42 Å². The fourth-order valence-electron chi connectivity index (χ4n) is 5.18. The quantitative estimate of drug-likeness (QED) is 0.185. The monoisotopic (exact) mass is 732 g/mol. The number of fused-ring (bicyclic) bond motifs is 4. The molecule has 7 aromatic rings. The van der Waals surface area contributed by atoms with Gasteiger partial charge in [0.15, 0.2) is 6.10 Å². The number of aromatic amines is 1. The molecule has 0 saturated heterocycles. The molecular formula is C31H19Br3N4OS. The van der Waals surface area contributed by atoms with Crippen molar-refractivity contribution in [1.29, 1.82) is 0 Å². The van der Waals surface area contributed by atoms with E-state index in [1.54, 1.807) is 0 Å². The molecule has 0 radical (unpaired) electrons. The fraction of sp³-hybridized carbons (Fsp3) is 0.0645. The summed E-state index contributed by atoms with van der Waals surface area (Å²) in [6.45, 7) is 0. The molecule has 40 heavy (non-hydrogen) atoms. The van der Waals surface area contributed by atoms with E-state index in [2.05, 4.69) is 141 Å². The number of benzene rings is 5. The van der Waals surface area contributed by atoms with Gasteiger partial charge < -0.3 is 4.74 Å². The Balaban J connectivity index is 1.39. The number of tetrazole rings is 1. The predicted octanol–water partition coefficient (Wildman–Crippen LogP) is 10.0. The Morgan fingerprint density at radius 1 is 0.800 bits per heavy atom. The van der Waals surface area contributed by atoms with Gasteiger partial charge in [-0.15, -0.1) is 21.5 Å². The third kappa shape index (κ3) is 4.55. The molecule has 0 spiro atoms. The first-order valence-corrected chi connectivity index (χ1v) is 15.7. The second-order valence-corrected chi connectivity index (χ2v) is 12.9. The molecule has 9 heteroatoms. The summed E-state index contributed by atoms with van der Waals surface area (Å²) < 4.78 is 11.9. The second kappa shape index (κ2) is 10.7. The van der Waals surface area contributed by atoms with Gasteiger partial charge >= 0.3 is 0 Å². The SMILES string of the molecule is Brc1cc(-c2c3ccccc3c(Br)c3sc4ccccc4c23)cc(Br)c1O[C@H](Cc1ccccc1)c1nn[nH]n1. The van der Waals surface area contributed by atoms with Crippen LogP contribution in [0.15, 0.2) is 104 Å². The van der Waals surface area contributed by atoms with Gasteiger partial charge in [-0.2, -0.15) is 5.21 Å². The predicted molar refractivity (Wildman–Crippen MR) is 173 cm³/mol. The summed E-state index contributed by atoms with van der Waals surface area (Å²) >= 11 is 13.4. The van der Waals surface area contributed by atoms with E-state index in [0.29, 0.717) is 18.0 Å². The third-order valence-electron chi connectivity index (χ3n) is 6.94. The number of halogens is 3. The van der Waals surface area contributed by atoms with Gasteiger partial charge in [0.1, 0.15) is 5.75 Å². The van der Waals surface area contributed by atoms with Gasteiger partial charge in [-0.3, -0.25) is 0 Å². The first-order chi connectivity index (χ1) is 19.6. The lowest BCUT2D eigenvalue weighted by Gasteiger charge is -2.20. The molecule has 5 aromatic carbocycles. The highest BCUT2D eigenvalue weighted by Crippen LogP contribution is 2.50. The standard InChI is InChI=1S/C31H19Br3N4OS/c32-22-15-18(16-23(33)29(22)39-24(31-35-37-38-36-31)14-17-8-2-1-3-9-17)26-19-10-4-5-11-20(19)28(34)30-27(26)21-12-6-7-13-25(21)40-30/h1-13,15-16,24H,14H2,(H,35,36,37,38)/t24-/m1/s1. The Hall–Kier alpha value is -3.11. The summed E-state index contributed by atoms with van der Waals surface area (Å²) in [4.78, 5) is 0. The second-order valence-electron chi connectivity index (χ2n) is 9.37. The molecule has 7 rings (SSSR count). The van der Waals surface area contributed by atoms with Crippen LogP contribution in [0.3, 0.4) is 0 Å². The van der Waals surface area contributed by atoms with E-state index >= 15 is 0 Å². The molecule has 196 valence electrons. The van der Waals surface area contributed by atoms with E-state index in [0.717, 1.165) is 24.5 Å². The van der Waals surface area contributed by atoms with Crippen LogP contribution in [0.1, 0.15) is 17.5 Å². The van der Waals surface area contributed by atoms with E-state index in [-0.39, 0.29) is 0 Å². The number of H-pyrrole nitrogens is 1. The Bertz CT molecular complexity index is 1990. The molecule has 1 N–H and O–H groups in total. The van der Waals surface area contributed by atoms with Gasteiger partial charge in [0.2, 0.25) is 5.82 Å². The minimum atomic E-state index is -0.430. The van der Waals surface area contributed by atoms with E-state index in [1.165, 1.54) is 36.5 Å². The number of aromatic nitrogens is 4. The largest absolute Gasteiger partial charge is 0.480 e. The van der Waals surface area contributed by atoms with Crippen LogP contribution >= 0.6 is 59.1 Å². The van der Waals surface area contributed by atoms with Crippen LogP contribution in [0.2, 0.25) is 0 Å². The average Bonchev–Trinajstić information content (AvgIpc) is 3.64. The lowest BCUT2D eigenvalue weighted by molar-refractivity contribution is 0.193. The zero-order valence-corrected chi connectivity index (χ0v) is 26.3. The summed E-state index contributed by atoms with van der Waals surface area (Å²) in [5.41, 5.74) is 3.40. The third-order valence-corrected chi connectivity index (χ3v) is 10.4. The smallest absolute Gasteiger partial charge is 0.215 e. The number of rotatable bonds is 6. The maximum atomic E-state index is 6.58. The van der Waals surface area contributed by atoms with Crippen LogP contribution in [0.4, 0.5) is 0 Å². The lowest BCUT2D eigenvalue weighted by Crippen LogP contribution is -2.13.